The predicted molar refractivity (Wildman–Crippen MR) is 60.0 cm³/mol. The van der Waals surface area contributed by atoms with Crippen molar-refractivity contribution in [2.45, 2.75) is 0 Å². The average molecular weight is 223 g/mol. The second-order valence-electron chi connectivity index (χ2n) is 3.77. The zero-order valence-electron chi connectivity index (χ0n) is 8.87. The summed E-state index contributed by atoms with van der Waals surface area (Å²) in [5, 5.41) is 3.23. The summed E-state index contributed by atoms with van der Waals surface area (Å²) in [6.45, 7) is 3.49. The Morgan fingerprint density at radius 3 is 2.69 bits per heavy atom. The Hall–Kier alpha value is -1.62. The molecular formula is C11H14FN3O. The van der Waals surface area contributed by atoms with Crippen LogP contribution in [0.25, 0.3) is 0 Å². The molecule has 0 saturated carbocycles. The smallest absolute Gasteiger partial charge is 0.251 e. The van der Waals surface area contributed by atoms with Crippen LogP contribution in [0, 0.1) is 5.82 Å². The van der Waals surface area contributed by atoms with E-state index in [9.17, 15) is 9.18 Å². The number of primary amides is 1. The number of nitrogens with one attached hydrogen (secondary N) is 1. The number of nitrogens with two attached hydrogens (primary N) is 1. The van der Waals surface area contributed by atoms with Crippen molar-refractivity contribution in [3.8, 4) is 0 Å². The quantitative estimate of drug-likeness (QED) is 0.760. The molecule has 1 saturated heterocycles. The molecule has 5 heteroatoms. The standard InChI is InChI=1S/C11H14FN3O/c12-10-2-1-8(7-9(10)11(13)16)15-5-3-14-4-6-15/h1-2,7,14H,3-6H2,(H2,13,16). The van der Waals surface area contributed by atoms with Crippen LogP contribution < -0.4 is 16.0 Å². The number of carbonyl (C=O) groups is 1. The monoisotopic (exact) mass is 223 g/mol. The van der Waals surface area contributed by atoms with Gasteiger partial charge in [-0.25, -0.2) is 4.39 Å². The van der Waals surface area contributed by atoms with Crippen molar-refractivity contribution in [1.82, 2.24) is 5.32 Å². The van der Waals surface area contributed by atoms with Crippen LogP contribution in [-0.2, 0) is 0 Å². The summed E-state index contributed by atoms with van der Waals surface area (Å²) in [6, 6.07) is 4.48. The first-order chi connectivity index (χ1) is 7.68. The van der Waals surface area contributed by atoms with Gasteiger partial charge in [-0.1, -0.05) is 0 Å². The third-order valence-corrected chi connectivity index (χ3v) is 2.70. The molecule has 0 aromatic heterocycles. The molecule has 0 unspecified atom stereocenters. The van der Waals surface area contributed by atoms with E-state index in [2.05, 4.69) is 10.2 Å². The van der Waals surface area contributed by atoms with Gasteiger partial charge in [0.2, 0.25) is 0 Å². The molecule has 1 amide bonds. The van der Waals surface area contributed by atoms with Gasteiger partial charge in [-0.15, -0.1) is 0 Å². The van der Waals surface area contributed by atoms with Crippen LogP contribution in [0.5, 0.6) is 0 Å². The summed E-state index contributed by atoms with van der Waals surface area (Å²) in [6.07, 6.45) is 0. The van der Waals surface area contributed by atoms with Crippen molar-refractivity contribution in [3.05, 3.63) is 29.6 Å². The highest BCUT2D eigenvalue weighted by Gasteiger charge is 2.14. The van der Waals surface area contributed by atoms with Gasteiger partial charge in [0.1, 0.15) is 5.82 Å². The number of hydrogen-bond acceptors (Lipinski definition) is 3. The summed E-state index contributed by atoms with van der Waals surface area (Å²) in [5.74, 6) is -1.29. The van der Waals surface area contributed by atoms with Crippen molar-refractivity contribution >= 4 is 11.6 Å². The van der Waals surface area contributed by atoms with Crippen molar-refractivity contribution in [1.29, 1.82) is 0 Å². The molecule has 2 rings (SSSR count). The maximum Gasteiger partial charge on any atom is 0.251 e. The van der Waals surface area contributed by atoms with E-state index in [1.54, 1.807) is 6.07 Å². The Kier molecular flexibility index (Phi) is 3.05. The van der Waals surface area contributed by atoms with Crippen molar-refractivity contribution in [2.24, 2.45) is 5.73 Å². The fourth-order valence-electron chi connectivity index (χ4n) is 1.82. The van der Waals surface area contributed by atoms with Gasteiger partial charge >= 0.3 is 0 Å². The van der Waals surface area contributed by atoms with Gasteiger partial charge in [0.25, 0.3) is 5.91 Å². The largest absolute Gasteiger partial charge is 0.369 e. The molecule has 86 valence electrons. The molecule has 1 aromatic rings. The van der Waals surface area contributed by atoms with Crippen LogP contribution in [0.4, 0.5) is 10.1 Å². The number of nitrogens with zero attached hydrogens (tertiary/aromatic N) is 1. The normalized spacial score (nSPS) is 16.2. The Morgan fingerprint density at radius 2 is 2.06 bits per heavy atom. The summed E-state index contributed by atoms with van der Waals surface area (Å²) in [7, 11) is 0. The Bertz CT molecular complexity index is 402. The zero-order chi connectivity index (χ0) is 11.5. The molecule has 0 aliphatic carbocycles. The molecule has 1 fully saturated rings. The number of piperazine rings is 1. The van der Waals surface area contributed by atoms with E-state index in [0.717, 1.165) is 31.9 Å². The predicted octanol–water partition coefficient (Wildman–Crippen LogP) is 0.334. The molecule has 16 heavy (non-hydrogen) atoms. The topological polar surface area (TPSA) is 58.4 Å². The van der Waals surface area contributed by atoms with Gasteiger partial charge in [0.15, 0.2) is 0 Å². The average Bonchev–Trinajstić information content (AvgIpc) is 2.30. The first kappa shape index (κ1) is 10.9. The fourth-order valence-corrected chi connectivity index (χ4v) is 1.82. The highest BCUT2D eigenvalue weighted by atomic mass is 19.1. The maximum absolute atomic E-state index is 13.3. The lowest BCUT2D eigenvalue weighted by Crippen LogP contribution is -2.43. The zero-order valence-corrected chi connectivity index (χ0v) is 8.87. The lowest BCUT2D eigenvalue weighted by atomic mass is 10.1. The molecule has 0 bridgehead atoms. The van der Waals surface area contributed by atoms with Gasteiger partial charge in [0, 0.05) is 31.9 Å². The first-order valence-corrected chi connectivity index (χ1v) is 5.23. The minimum absolute atomic E-state index is 0.0453. The molecule has 1 heterocycles. The molecule has 0 atom stereocenters. The van der Waals surface area contributed by atoms with Crippen LogP contribution in [0.1, 0.15) is 10.4 Å². The Balaban J connectivity index is 2.27. The lowest BCUT2D eigenvalue weighted by molar-refractivity contribution is 0.0996. The molecule has 1 aromatic carbocycles. The van der Waals surface area contributed by atoms with E-state index < -0.39 is 11.7 Å². The van der Waals surface area contributed by atoms with E-state index in [0.29, 0.717) is 0 Å². The third kappa shape index (κ3) is 2.14. The third-order valence-electron chi connectivity index (χ3n) is 2.70. The molecule has 1 aliphatic rings. The SMILES string of the molecule is NC(=O)c1cc(N2CCNCC2)ccc1F. The number of amides is 1. The van der Waals surface area contributed by atoms with E-state index in [4.69, 9.17) is 5.73 Å². The second-order valence-corrected chi connectivity index (χ2v) is 3.77. The number of carbonyl (C=O) groups excluding carboxylic acids is 1. The molecule has 3 N–H and O–H groups in total. The van der Waals surface area contributed by atoms with Gasteiger partial charge < -0.3 is 16.0 Å². The van der Waals surface area contributed by atoms with Gasteiger partial charge in [-0.05, 0) is 18.2 Å². The number of halogens is 1. The molecule has 1 aliphatic heterocycles. The fraction of sp³-hybridized carbons (Fsp3) is 0.364. The van der Waals surface area contributed by atoms with Crippen LogP contribution >= 0.6 is 0 Å². The molecule has 0 spiro atoms. The van der Waals surface area contributed by atoms with Crippen LogP contribution in [0.2, 0.25) is 0 Å². The van der Waals surface area contributed by atoms with Crippen molar-refractivity contribution < 1.29 is 9.18 Å². The number of hydrogen-bond donors (Lipinski definition) is 2. The lowest BCUT2D eigenvalue weighted by Gasteiger charge is -2.29. The van der Waals surface area contributed by atoms with Crippen LogP contribution in [-0.4, -0.2) is 32.1 Å². The number of benzene rings is 1. The number of anilines is 1. The van der Waals surface area contributed by atoms with Gasteiger partial charge in [-0.3, -0.25) is 4.79 Å². The minimum atomic E-state index is -0.727. The molecular weight excluding hydrogens is 209 g/mol. The number of rotatable bonds is 2. The maximum atomic E-state index is 13.3. The minimum Gasteiger partial charge on any atom is -0.369 e. The Morgan fingerprint density at radius 1 is 1.38 bits per heavy atom. The van der Waals surface area contributed by atoms with E-state index >= 15 is 0 Å². The van der Waals surface area contributed by atoms with E-state index in [-0.39, 0.29) is 5.56 Å². The van der Waals surface area contributed by atoms with Crippen LogP contribution in [0.3, 0.4) is 0 Å². The summed E-state index contributed by atoms with van der Waals surface area (Å²) in [4.78, 5) is 13.1. The summed E-state index contributed by atoms with van der Waals surface area (Å²) in [5.41, 5.74) is 5.90. The first-order valence-electron chi connectivity index (χ1n) is 5.23. The van der Waals surface area contributed by atoms with Gasteiger partial charge in [0.05, 0.1) is 5.56 Å². The molecule has 4 nitrogen and oxygen atoms in total. The summed E-state index contributed by atoms with van der Waals surface area (Å²) < 4.78 is 13.3. The Labute approximate surface area is 93.2 Å². The summed E-state index contributed by atoms with van der Waals surface area (Å²) >= 11 is 0. The molecule has 0 radical (unpaired) electrons. The second kappa shape index (κ2) is 4.49. The van der Waals surface area contributed by atoms with Gasteiger partial charge in [-0.2, -0.15) is 0 Å². The van der Waals surface area contributed by atoms with E-state index in [1.165, 1.54) is 12.1 Å². The highest BCUT2D eigenvalue weighted by Crippen LogP contribution is 2.19. The van der Waals surface area contributed by atoms with Crippen molar-refractivity contribution in [2.75, 3.05) is 31.1 Å². The highest BCUT2D eigenvalue weighted by molar-refractivity contribution is 5.94. The van der Waals surface area contributed by atoms with E-state index in [1.807, 2.05) is 0 Å². The van der Waals surface area contributed by atoms with Crippen molar-refractivity contribution in [3.63, 3.8) is 0 Å². The van der Waals surface area contributed by atoms with Crippen LogP contribution in [0.15, 0.2) is 18.2 Å².